The van der Waals surface area contributed by atoms with Crippen LogP contribution < -0.4 is 9.47 Å². The summed E-state index contributed by atoms with van der Waals surface area (Å²) in [5, 5.41) is 0. The van der Waals surface area contributed by atoms with E-state index in [2.05, 4.69) is 144 Å². The first-order valence-corrected chi connectivity index (χ1v) is 19.6. The Hall–Kier alpha value is -2.70. The third-order valence-electron chi connectivity index (χ3n) is 12.0. The van der Waals surface area contributed by atoms with Gasteiger partial charge in [-0.25, -0.2) is 0 Å². The number of aryl methyl sites for hydroxylation is 1. The molecule has 0 aromatic heterocycles. The molecule has 6 heteroatoms. The molecule has 4 aliphatic rings. The maximum atomic E-state index is 7.41. The van der Waals surface area contributed by atoms with Crippen LogP contribution in [-0.4, -0.2) is 104 Å². The predicted molar refractivity (Wildman–Crippen MR) is 208 cm³/mol. The number of benzene rings is 2. The number of nitrogens with zero attached hydrogens (tertiary/aromatic N) is 4. The molecule has 1 saturated heterocycles. The van der Waals surface area contributed by atoms with E-state index >= 15 is 0 Å². The van der Waals surface area contributed by atoms with Crippen LogP contribution in [0.2, 0.25) is 0 Å². The molecule has 1 aliphatic carbocycles. The molecule has 2 fully saturated rings. The zero-order chi connectivity index (χ0) is 36.7. The lowest BCUT2D eigenvalue weighted by Gasteiger charge is -2.35. The summed E-state index contributed by atoms with van der Waals surface area (Å²) >= 11 is 0. The lowest BCUT2D eigenvalue weighted by Crippen LogP contribution is -2.60. The fourth-order valence-electron chi connectivity index (χ4n) is 8.98. The van der Waals surface area contributed by atoms with Gasteiger partial charge in [-0.3, -0.25) is 0 Å². The van der Waals surface area contributed by atoms with Crippen molar-refractivity contribution in [2.24, 2.45) is 0 Å². The van der Waals surface area contributed by atoms with Crippen molar-refractivity contribution in [1.29, 1.82) is 0 Å². The first-order chi connectivity index (χ1) is 23.0. The summed E-state index contributed by atoms with van der Waals surface area (Å²) in [6.45, 7) is 21.0. The van der Waals surface area contributed by atoms with Crippen LogP contribution in [0.25, 0.3) is 0 Å². The molecule has 0 N–H and O–H groups in total. The fraction of sp³-hybridized carbons (Fsp3) is 0.682. The van der Waals surface area contributed by atoms with Gasteiger partial charge in [0.05, 0.1) is 66.5 Å². The average Bonchev–Trinajstić information content (AvgIpc) is 3.25. The van der Waals surface area contributed by atoms with E-state index in [0.29, 0.717) is 12.1 Å². The van der Waals surface area contributed by atoms with Crippen molar-refractivity contribution in [3.05, 3.63) is 57.6 Å². The molecular formula is C44H70N4O2+4. The van der Waals surface area contributed by atoms with Crippen molar-refractivity contribution in [1.82, 2.24) is 0 Å². The Kier molecular flexibility index (Phi) is 9.24. The average molecular weight is 687 g/mol. The zero-order valence-electron chi connectivity index (χ0n) is 34.3. The van der Waals surface area contributed by atoms with Gasteiger partial charge in [-0.1, -0.05) is 69.7 Å². The maximum Gasteiger partial charge on any atom is 0.704 e. The van der Waals surface area contributed by atoms with Gasteiger partial charge in [-0.2, -0.15) is 0 Å². The highest BCUT2D eigenvalue weighted by molar-refractivity contribution is 5.85. The summed E-state index contributed by atoms with van der Waals surface area (Å²) in [4.78, 5) is 0. The quantitative estimate of drug-likeness (QED) is 0.197. The predicted octanol–water partition coefficient (Wildman–Crippen LogP) is 8.10. The minimum absolute atomic E-state index is 0.0392. The highest BCUT2D eigenvalue weighted by Gasteiger charge is 2.76. The van der Waals surface area contributed by atoms with Crippen LogP contribution in [0, 0.1) is 6.92 Å². The summed E-state index contributed by atoms with van der Waals surface area (Å²) in [6.07, 6.45) is 14.4. The Morgan fingerprint density at radius 2 is 1.14 bits per heavy atom. The molecule has 50 heavy (non-hydrogen) atoms. The van der Waals surface area contributed by atoms with Crippen LogP contribution in [0.1, 0.15) is 133 Å². The Bertz CT molecular complexity index is 1670. The number of ether oxygens (including phenoxy) is 2. The smallest absolute Gasteiger partial charge is 0.340 e. The lowest BCUT2D eigenvalue weighted by atomic mass is 9.74. The molecule has 2 aromatic carbocycles. The summed E-state index contributed by atoms with van der Waals surface area (Å²) in [5.74, 6) is 1.94. The minimum Gasteiger partial charge on any atom is -0.340 e. The van der Waals surface area contributed by atoms with Crippen LogP contribution in [0.4, 0.5) is 0 Å². The minimum atomic E-state index is -1.02. The highest BCUT2D eigenvalue weighted by atomic mass is 16.7. The van der Waals surface area contributed by atoms with Crippen molar-refractivity contribution in [2.45, 2.75) is 141 Å². The highest BCUT2D eigenvalue weighted by Crippen LogP contribution is 2.49. The summed E-state index contributed by atoms with van der Waals surface area (Å²) in [5.41, 5.74) is 7.69. The number of rotatable bonds is 9. The maximum absolute atomic E-state index is 7.41. The zero-order valence-corrected chi connectivity index (χ0v) is 34.3. The number of fused-ring (bicyclic) bond motifs is 5. The second-order valence-corrected chi connectivity index (χ2v) is 20.7. The van der Waals surface area contributed by atoms with Crippen LogP contribution in [-0.2, 0) is 16.2 Å². The molecule has 2 aromatic rings. The van der Waals surface area contributed by atoms with Crippen molar-refractivity contribution in [3.8, 4) is 11.5 Å². The molecule has 6 nitrogen and oxygen atoms in total. The van der Waals surface area contributed by atoms with E-state index in [-0.39, 0.29) is 16.2 Å². The van der Waals surface area contributed by atoms with Gasteiger partial charge >= 0.3 is 6.03 Å². The van der Waals surface area contributed by atoms with Crippen molar-refractivity contribution in [3.63, 3.8) is 0 Å². The summed E-state index contributed by atoms with van der Waals surface area (Å²) in [6, 6.07) is 9.34. The Balaban J connectivity index is 1.46. The molecule has 3 atom stereocenters. The van der Waals surface area contributed by atoms with E-state index in [1.165, 1.54) is 85.0 Å². The normalized spacial score (nSPS) is 23.4. The Morgan fingerprint density at radius 1 is 0.660 bits per heavy atom. The second kappa shape index (κ2) is 12.5. The summed E-state index contributed by atoms with van der Waals surface area (Å²) in [7, 11) is 13.9. The molecule has 3 heterocycles. The van der Waals surface area contributed by atoms with Crippen molar-refractivity contribution in [2.75, 3.05) is 55.4 Å². The van der Waals surface area contributed by atoms with Gasteiger partial charge in [0.1, 0.15) is 0 Å². The van der Waals surface area contributed by atoms with Gasteiger partial charge < -0.3 is 18.4 Å². The fourth-order valence-corrected chi connectivity index (χ4v) is 8.98. The van der Waals surface area contributed by atoms with Gasteiger partial charge in [-0.15, -0.1) is 0 Å². The molecule has 0 bridgehead atoms. The molecule has 1 spiro atoms. The number of hydrogen-bond donors (Lipinski definition) is 0. The monoisotopic (exact) mass is 687 g/mol. The van der Waals surface area contributed by atoms with E-state index < -0.39 is 6.03 Å². The van der Waals surface area contributed by atoms with Crippen LogP contribution in [0.15, 0.2) is 24.3 Å². The van der Waals surface area contributed by atoms with Crippen LogP contribution in [0.5, 0.6) is 11.5 Å². The molecule has 0 amide bonds. The third kappa shape index (κ3) is 7.05. The molecule has 1 saturated carbocycles. The largest absolute Gasteiger partial charge is 0.704 e. The number of hydrogen-bond acceptors (Lipinski definition) is 2. The van der Waals surface area contributed by atoms with Gasteiger partial charge in [0.25, 0.3) is 0 Å². The second-order valence-electron chi connectivity index (χ2n) is 20.7. The lowest BCUT2D eigenvalue weighted by molar-refractivity contribution is -0.870. The SMILES string of the molecule is Cc1cc(C(C)(CCC[N+](C)(C)C)CCC[N+](C)(C)C)cc2c1OC13Oc4c(cc(C(C)(C)C)cc4C(C)(C)C)C=[N+]1C1CCCCC1[N+]3=C2. The molecule has 6 rings (SSSR count). The standard InChI is InChI=1S/C44H70N4O2/c1-31-25-35(43(8,21-17-23-47(9,10)11)22-18-24-48(12,13)14)27-32-29-45-37-19-15-16-20-38(37)46-30-33-26-34(41(2,3)4)28-36(42(5,6)7)40(33)50-44(45,46)49-39(31)32/h25-30,37-38H,15-24H2,1-14H3/q+4. The molecular weight excluding hydrogens is 617 g/mol. The van der Waals surface area contributed by atoms with E-state index in [4.69, 9.17) is 9.47 Å². The van der Waals surface area contributed by atoms with Crippen LogP contribution >= 0.6 is 0 Å². The van der Waals surface area contributed by atoms with Gasteiger partial charge in [0.15, 0.2) is 23.9 Å². The molecule has 3 unspecified atom stereocenters. The Labute approximate surface area is 305 Å². The van der Waals surface area contributed by atoms with Crippen molar-refractivity contribution < 1.29 is 27.6 Å². The van der Waals surface area contributed by atoms with Gasteiger partial charge in [-0.05, 0) is 90.5 Å². The first-order valence-electron chi connectivity index (χ1n) is 19.6. The molecule has 274 valence electrons. The third-order valence-corrected chi connectivity index (χ3v) is 12.0. The van der Waals surface area contributed by atoms with E-state index in [9.17, 15) is 0 Å². The van der Waals surface area contributed by atoms with Gasteiger partial charge in [0.2, 0.25) is 12.1 Å². The molecule has 0 radical (unpaired) electrons. The van der Waals surface area contributed by atoms with E-state index in [1.54, 1.807) is 0 Å². The van der Waals surface area contributed by atoms with E-state index in [1.807, 2.05) is 0 Å². The summed E-state index contributed by atoms with van der Waals surface area (Å²) < 4.78 is 21.7. The van der Waals surface area contributed by atoms with E-state index in [0.717, 1.165) is 33.3 Å². The van der Waals surface area contributed by atoms with Crippen LogP contribution in [0.3, 0.4) is 0 Å². The Morgan fingerprint density at radius 3 is 1.62 bits per heavy atom. The topological polar surface area (TPSA) is 24.5 Å². The first kappa shape index (κ1) is 37.1. The van der Waals surface area contributed by atoms with Crippen molar-refractivity contribution >= 4 is 12.4 Å². The van der Waals surface area contributed by atoms with Gasteiger partial charge in [0, 0.05) is 18.4 Å². The number of quaternary nitrogens is 2. The molecule has 3 aliphatic heterocycles.